The number of nitrogens with zero attached hydrogens (tertiary/aromatic N) is 2. The minimum Gasteiger partial charge on any atom is -0.324 e. The summed E-state index contributed by atoms with van der Waals surface area (Å²) in [5.74, 6) is -0.634. The van der Waals surface area contributed by atoms with Crippen LogP contribution in [0.4, 0.5) is 17.1 Å². The Balaban J connectivity index is 2.39. The van der Waals surface area contributed by atoms with Gasteiger partial charge in [0.15, 0.2) is 0 Å². The molecule has 2 aromatic rings. The van der Waals surface area contributed by atoms with E-state index >= 15 is 0 Å². The van der Waals surface area contributed by atoms with Crippen LogP contribution in [0.25, 0.3) is 0 Å². The molecule has 0 radical (unpaired) electrons. The van der Waals surface area contributed by atoms with Gasteiger partial charge in [-0.05, 0) is 44.5 Å². The van der Waals surface area contributed by atoms with E-state index in [4.69, 9.17) is 11.6 Å². The molecule has 0 aliphatic carbocycles. The number of hydrogen-bond acceptors (Lipinski definition) is 5. The van der Waals surface area contributed by atoms with Crippen molar-refractivity contribution in [3.63, 3.8) is 0 Å². The van der Waals surface area contributed by atoms with Crippen molar-refractivity contribution in [2.24, 2.45) is 0 Å². The van der Waals surface area contributed by atoms with Crippen LogP contribution in [0.3, 0.4) is 0 Å². The number of benzene rings is 2. The number of carbonyl (C=O) groups is 1. The zero-order valence-electron chi connectivity index (χ0n) is 15.8. The average molecular weight is 426 g/mol. The first kappa shape index (κ1) is 21.6. The monoisotopic (exact) mass is 425 g/mol. The summed E-state index contributed by atoms with van der Waals surface area (Å²) in [5, 5.41) is 14.0. The molecule has 2 aromatic carbocycles. The first-order valence-corrected chi connectivity index (χ1v) is 10.5. The van der Waals surface area contributed by atoms with Crippen LogP contribution in [0.15, 0.2) is 36.4 Å². The molecule has 1 amide bonds. The molecule has 150 valence electrons. The molecule has 0 saturated carbocycles. The molecule has 0 heterocycles. The summed E-state index contributed by atoms with van der Waals surface area (Å²) in [5.41, 5.74) is 1.38. The van der Waals surface area contributed by atoms with Gasteiger partial charge in [-0.1, -0.05) is 23.7 Å². The zero-order valence-corrected chi connectivity index (χ0v) is 17.3. The molecule has 0 aliphatic heterocycles. The van der Waals surface area contributed by atoms with Gasteiger partial charge in [-0.15, -0.1) is 0 Å². The van der Waals surface area contributed by atoms with Crippen LogP contribution >= 0.6 is 11.6 Å². The number of anilines is 2. The molecular weight excluding hydrogens is 406 g/mol. The summed E-state index contributed by atoms with van der Waals surface area (Å²) in [7, 11) is -3.81. The number of carbonyl (C=O) groups excluding carboxylic acids is 1. The summed E-state index contributed by atoms with van der Waals surface area (Å²) in [6.45, 7) is 4.71. The number of nitro groups is 1. The molecule has 10 heteroatoms. The minimum atomic E-state index is -3.81. The van der Waals surface area contributed by atoms with Crippen LogP contribution in [0, 0.1) is 24.0 Å². The molecule has 0 unspecified atom stereocenters. The van der Waals surface area contributed by atoms with Gasteiger partial charge in [-0.2, -0.15) is 0 Å². The van der Waals surface area contributed by atoms with E-state index in [-0.39, 0.29) is 22.6 Å². The van der Waals surface area contributed by atoms with E-state index < -0.39 is 26.9 Å². The first-order chi connectivity index (χ1) is 12.9. The standard InChI is InChI=1S/C18H20ClN3O5S/c1-11-8-9-14(10-15(11)19)21(28(4,26)27)13(3)18(23)20-16-6-5-7-17(12(16)2)22(24)25/h5-10,13H,1-4H3,(H,20,23)/t13-/m0/s1. The van der Waals surface area contributed by atoms with Crippen LogP contribution in [0.1, 0.15) is 18.1 Å². The summed E-state index contributed by atoms with van der Waals surface area (Å²) in [6, 6.07) is 7.86. The van der Waals surface area contributed by atoms with Gasteiger partial charge in [0, 0.05) is 11.1 Å². The predicted octanol–water partition coefficient (Wildman–Crippen LogP) is 3.66. The number of aryl methyl sites for hydroxylation is 1. The lowest BCUT2D eigenvalue weighted by Gasteiger charge is -2.28. The topological polar surface area (TPSA) is 110 Å². The van der Waals surface area contributed by atoms with Crippen LogP contribution in [0.5, 0.6) is 0 Å². The molecule has 1 atom stereocenters. The van der Waals surface area contributed by atoms with Crippen LogP contribution < -0.4 is 9.62 Å². The molecule has 8 nitrogen and oxygen atoms in total. The third-order valence-electron chi connectivity index (χ3n) is 4.26. The highest BCUT2D eigenvalue weighted by Gasteiger charge is 2.30. The Hall–Kier alpha value is -2.65. The number of halogens is 1. The highest BCUT2D eigenvalue weighted by molar-refractivity contribution is 7.92. The second-order valence-electron chi connectivity index (χ2n) is 6.36. The molecule has 0 saturated heterocycles. The molecular formula is C18H20ClN3O5S. The fourth-order valence-corrected chi connectivity index (χ4v) is 4.06. The van der Waals surface area contributed by atoms with Gasteiger partial charge >= 0.3 is 0 Å². The maximum atomic E-state index is 12.7. The summed E-state index contributed by atoms with van der Waals surface area (Å²) >= 11 is 6.10. The van der Waals surface area contributed by atoms with E-state index in [0.717, 1.165) is 16.1 Å². The van der Waals surface area contributed by atoms with E-state index in [0.29, 0.717) is 5.02 Å². The van der Waals surface area contributed by atoms with Crippen molar-refractivity contribution in [1.29, 1.82) is 0 Å². The van der Waals surface area contributed by atoms with Crippen LogP contribution in [-0.2, 0) is 14.8 Å². The molecule has 0 aliphatic rings. The van der Waals surface area contributed by atoms with Gasteiger partial charge in [0.2, 0.25) is 15.9 Å². The number of sulfonamides is 1. The molecule has 28 heavy (non-hydrogen) atoms. The lowest BCUT2D eigenvalue weighted by molar-refractivity contribution is -0.385. The smallest absolute Gasteiger partial charge is 0.274 e. The second kappa shape index (κ2) is 8.15. The predicted molar refractivity (Wildman–Crippen MR) is 109 cm³/mol. The highest BCUT2D eigenvalue weighted by atomic mass is 35.5. The Bertz CT molecular complexity index is 1040. The van der Waals surface area contributed by atoms with Crippen LogP contribution in [-0.4, -0.2) is 31.5 Å². The summed E-state index contributed by atoms with van der Waals surface area (Å²) < 4.78 is 25.7. The number of nitro benzene ring substituents is 1. The lowest BCUT2D eigenvalue weighted by Crippen LogP contribution is -2.45. The SMILES string of the molecule is Cc1ccc(N([C@@H](C)C(=O)Nc2cccc([N+](=O)[O-])c2C)S(C)(=O)=O)cc1Cl. The Morgan fingerprint density at radius 1 is 1.25 bits per heavy atom. The van der Waals surface area contributed by atoms with Gasteiger partial charge in [0.1, 0.15) is 6.04 Å². The first-order valence-electron chi connectivity index (χ1n) is 8.24. The maximum Gasteiger partial charge on any atom is 0.274 e. The number of rotatable bonds is 6. The third-order valence-corrected chi connectivity index (χ3v) is 5.91. The highest BCUT2D eigenvalue weighted by Crippen LogP contribution is 2.28. The average Bonchev–Trinajstić information content (AvgIpc) is 2.58. The van der Waals surface area contributed by atoms with Crippen molar-refractivity contribution in [2.75, 3.05) is 15.9 Å². The molecule has 0 fully saturated rings. The second-order valence-corrected chi connectivity index (χ2v) is 8.63. The largest absolute Gasteiger partial charge is 0.324 e. The van der Waals surface area contributed by atoms with Gasteiger partial charge in [-0.25, -0.2) is 8.42 Å². The zero-order chi connectivity index (χ0) is 21.2. The molecule has 0 aromatic heterocycles. The third kappa shape index (κ3) is 4.60. The maximum absolute atomic E-state index is 12.7. The number of amides is 1. The Kier molecular flexibility index (Phi) is 6.30. The minimum absolute atomic E-state index is 0.143. The Morgan fingerprint density at radius 2 is 1.89 bits per heavy atom. The summed E-state index contributed by atoms with van der Waals surface area (Å²) in [4.78, 5) is 23.3. The number of nitrogens with one attached hydrogen (secondary N) is 1. The summed E-state index contributed by atoms with van der Waals surface area (Å²) in [6.07, 6.45) is 0.989. The van der Waals surface area contributed by atoms with Crippen molar-refractivity contribution in [2.45, 2.75) is 26.8 Å². The van der Waals surface area contributed by atoms with E-state index in [9.17, 15) is 23.3 Å². The normalized spacial score (nSPS) is 12.3. The lowest BCUT2D eigenvalue weighted by atomic mass is 10.1. The van der Waals surface area contributed by atoms with E-state index in [1.807, 2.05) is 0 Å². The van der Waals surface area contributed by atoms with Crippen LogP contribution in [0.2, 0.25) is 5.02 Å². The van der Waals surface area contributed by atoms with E-state index in [1.54, 1.807) is 19.1 Å². The van der Waals surface area contributed by atoms with Crippen molar-refractivity contribution >= 4 is 44.6 Å². The quantitative estimate of drug-likeness (QED) is 0.561. The Morgan fingerprint density at radius 3 is 2.43 bits per heavy atom. The fourth-order valence-electron chi connectivity index (χ4n) is 2.72. The van der Waals surface area contributed by atoms with Crippen molar-refractivity contribution in [3.8, 4) is 0 Å². The van der Waals surface area contributed by atoms with Crippen molar-refractivity contribution in [3.05, 3.63) is 62.7 Å². The van der Waals surface area contributed by atoms with Gasteiger partial charge in [0.05, 0.1) is 28.1 Å². The van der Waals surface area contributed by atoms with Gasteiger partial charge in [-0.3, -0.25) is 19.2 Å². The molecule has 1 N–H and O–H groups in total. The van der Waals surface area contributed by atoms with E-state index in [2.05, 4.69) is 5.32 Å². The van der Waals surface area contributed by atoms with Crippen molar-refractivity contribution < 1.29 is 18.1 Å². The molecule has 2 rings (SSSR count). The number of hydrogen-bond donors (Lipinski definition) is 1. The van der Waals surface area contributed by atoms with Gasteiger partial charge < -0.3 is 5.32 Å². The van der Waals surface area contributed by atoms with Crippen molar-refractivity contribution in [1.82, 2.24) is 0 Å². The Labute approximate surface area is 168 Å². The molecule has 0 bridgehead atoms. The van der Waals surface area contributed by atoms with Gasteiger partial charge in [0.25, 0.3) is 5.69 Å². The fraction of sp³-hybridized carbons (Fsp3) is 0.278. The van der Waals surface area contributed by atoms with E-state index in [1.165, 1.54) is 38.1 Å². The molecule has 0 spiro atoms.